The van der Waals surface area contributed by atoms with Crippen molar-refractivity contribution in [2.45, 2.75) is 51.1 Å². The van der Waals surface area contributed by atoms with Gasteiger partial charge in [-0.25, -0.2) is 8.42 Å². The van der Waals surface area contributed by atoms with Gasteiger partial charge in [0.05, 0.1) is 42.2 Å². The predicted molar refractivity (Wildman–Crippen MR) is 145 cm³/mol. The Morgan fingerprint density at radius 2 is 1.89 bits per heavy atom. The molecule has 2 atom stereocenters. The smallest absolute Gasteiger partial charge is 0.291 e. The van der Waals surface area contributed by atoms with Crippen LogP contribution in [0.15, 0.2) is 45.6 Å². The zero-order valence-electron chi connectivity index (χ0n) is 21.4. The molecule has 1 saturated heterocycles. The quantitative estimate of drug-likeness (QED) is 0.334. The number of ether oxygens (including phenoxy) is 2. The summed E-state index contributed by atoms with van der Waals surface area (Å²) in [5.74, 6) is 0.262. The molecule has 5 rings (SSSR count). The van der Waals surface area contributed by atoms with Gasteiger partial charge in [-0.3, -0.25) is 9.59 Å². The summed E-state index contributed by atoms with van der Waals surface area (Å²) in [5.41, 5.74) is 0.644. The number of carbonyl (C=O) groups excluding carboxylic acids is 1. The number of fused-ring (bicyclic) bond motifs is 2. The van der Waals surface area contributed by atoms with Gasteiger partial charge in [-0.15, -0.1) is 0 Å². The maximum Gasteiger partial charge on any atom is 0.291 e. The van der Waals surface area contributed by atoms with Crippen molar-refractivity contribution in [1.82, 2.24) is 4.90 Å². The van der Waals surface area contributed by atoms with Gasteiger partial charge in [-0.05, 0) is 48.7 Å². The summed E-state index contributed by atoms with van der Waals surface area (Å²) in [7, 11) is -1.77. The fourth-order valence-corrected chi connectivity index (χ4v) is 7.23. The van der Waals surface area contributed by atoms with E-state index in [1.807, 2.05) is 0 Å². The third kappa shape index (κ3) is 4.89. The van der Waals surface area contributed by atoms with E-state index in [0.717, 1.165) is 25.7 Å². The van der Waals surface area contributed by atoms with Crippen LogP contribution in [0.25, 0.3) is 11.0 Å². The van der Waals surface area contributed by atoms with Crippen molar-refractivity contribution in [2.75, 3.05) is 25.2 Å². The lowest BCUT2D eigenvalue weighted by Gasteiger charge is -2.30. The number of hydrogen-bond donors (Lipinski definition) is 0. The van der Waals surface area contributed by atoms with Crippen LogP contribution in [0.5, 0.6) is 11.5 Å². The van der Waals surface area contributed by atoms with Crippen molar-refractivity contribution < 1.29 is 27.1 Å². The highest BCUT2D eigenvalue weighted by atomic mass is 35.5. The van der Waals surface area contributed by atoms with Crippen LogP contribution in [0, 0.1) is 0 Å². The molecule has 3 aromatic rings. The number of halogens is 1. The molecule has 8 nitrogen and oxygen atoms in total. The molecule has 2 aliphatic rings. The summed E-state index contributed by atoms with van der Waals surface area (Å²) in [4.78, 5) is 29.0. The predicted octanol–water partition coefficient (Wildman–Crippen LogP) is 5.15. The Balaban J connectivity index is 1.60. The maximum absolute atomic E-state index is 13.8. The van der Waals surface area contributed by atoms with Crippen molar-refractivity contribution in [2.24, 2.45) is 0 Å². The Bertz CT molecular complexity index is 1550. The van der Waals surface area contributed by atoms with Crippen molar-refractivity contribution >= 4 is 38.3 Å². The van der Waals surface area contributed by atoms with Gasteiger partial charge in [0.2, 0.25) is 5.76 Å². The lowest BCUT2D eigenvalue weighted by Crippen LogP contribution is -2.40. The van der Waals surface area contributed by atoms with Gasteiger partial charge in [-0.1, -0.05) is 43.9 Å². The van der Waals surface area contributed by atoms with Crippen molar-refractivity contribution in [3.63, 3.8) is 0 Å². The van der Waals surface area contributed by atoms with Crippen molar-refractivity contribution in [1.29, 1.82) is 0 Å². The molecule has 38 heavy (non-hydrogen) atoms. The van der Waals surface area contributed by atoms with Crippen molar-refractivity contribution in [3.8, 4) is 11.5 Å². The van der Waals surface area contributed by atoms with E-state index in [1.165, 1.54) is 18.1 Å². The molecule has 0 aliphatic carbocycles. The van der Waals surface area contributed by atoms with E-state index in [4.69, 9.17) is 25.5 Å². The first-order valence-electron chi connectivity index (χ1n) is 12.8. The standard InChI is InChI=1S/C28H30ClNO7S/c1-3-4-5-6-12-36-22-9-7-17(14-23(22)35-2)25-24-26(31)20-15-18(29)8-10-21(20)37-27(24)28(32)30(25)19-11-13-38(33,34)16-19/h7-10,14-15,19,25H,3-6,11-13,16H2,1-2H3. The SMILES string of the molecule is CCCCCCOc1ccc(C2c3c(oc4ccc(Cl)cc4c3=O)C(=O)N2C2CCS(=O)(=O)C2)cc1OC. The second kappa shape index (κ2) is 10.6. The number of rotatable bonds is 9. The summed E-state index contributed by atoms with van der Waals surface area (Å²) in [6.45, 7) is 2.69. The van der Waals surface area contributed by atoms with Crippen LogP contribution >= 0.6 is 11.6 Å². The van der Waals surface area contributed by atoms with Gasteiger partial charge in [0.1, 0.15) is 5.58 Å². The van der Waals surface area contributed by atoms with E-state index in [1.54, 1.807) is 30.3 Å². The molecule has 202 valence electrons. The van der Waals surface area contributed by atoms with Gasteiger partial charge in [0.15, 0.2) is 26.8 Å². The van der Waals surface area contributed by atoms with Gasteiger partial charge in [0.25, 0.3) is 5.91 Å². The second-order valence-corrected chi connectivity index (χ2v) is 12.5. The monoisotopic (exact) mass is 559 g/mol. The van der Waals surface area contributed by atoms with Crippen LogP contribution in [-0.4, -0.2) is 50.5 Å². The molecule has 1 amide bonds. The van der Waals surface area contributed by atoms with Crippen LogP contribution in [0.3, 0.4) is 0 Å². The summed E-state index contributed by atoms with van der Waals surface area (Å²) in [6.07, 6.45) is 4.56. The highest BCUT2D eigenvalue weighted by molar-refractivity contribution is 7.91. The minimum atomic E-state index is -3.30. The molecule has 0 bridgehead atoms. The number of nitrogens with zero attached hydrogens (tertiary/aromatic N) is 1. The number of carbonyl (C=O) groups is 1. The summed E-state index contributed by atoms with van der Waals surface area (Å²) >= 11 is 6.16. The minimum absolute atomic E-state index is 0.0163. The minimum Gasteiger partial charge on any atom is -0.493 e. The largest absolute Gasteiger partial charge is 0.493 e. The van der Waals surface area contributed by atoms with E-state index < -0.39 is 27.8 Å². The van der Waals surface area contributed by atoms with Crippen LogP contribution in [0.4, 0.5) is 0 Å². The first kappa shape index (κ1) is 26.6. The molecule has 1 aromatic heterocycles. The molecule has 0 N–H and O–H groups in total. The van der Waals surface area contributed by atoms with Gasteiger partial charge >= 0.3 is 0 Å². The van der Waals surface area contributed by atoms with E-state index in [9.17, 15) is 18.0 Å². The Kier molecular flexibility index (Phi) is 7.42. The van der Waals surface area contributed by atoms with E-state index in [-0.39, 0.29) is 45.6 Å². The Labute approximate surface area is 226 Å². The Hall–Kier alpha value is -3.04. The van der Waals surface area contributed by atoms with Crippen LogP contribution < -0.4 is 14.9 Å². The number of sulfone groups is 1. The fraction of sp³-hybridized carbons (Fsp3) is 0.429. The van der Waals surface area contributed by atoms with E-state index in [2.05, 4.69) is 6.92 Å². The van der Waals surface area contributed by atoms with Gasteiger partial charge in [-0.2, -0.15) is 0 Å². The summed E-state index contributed by atoms with van der Waals surface area (Å²) in [6, 6.07) is 8.52. The van der Waals surface area contributed by atoms with Gasteiger partial charge in [0, 0.05) is 11.1 Å². The second-order valence-electron chi connectivity index (χ2n) is 9.81. The van der Waals surface area contributed by atoms with E-state index in [0.29, 0.717) is 28.7 Å². The average Bonchev–Trinajstić information content (AvgIpc) is 3.40. The molecule has 2 unspecified atom stereocenters. The number of hydrogen-bond acceptors (Lipinski definition) is 7. The Morgan fingerprint density at radius 3 is 2.61 bits per heavy atom. The molecule has 3 heterocycles. The molecular weight excluding hydrogens is 530 g/mol. The molecular formula is C28H30ClNO7S. The lowest BCUT2D eigenvalue weighted by atomic mass is 9.97. The third-order valence-electron chi connectivity index (χ3n) is 7.23. The van der Waals surface area contributed by atoms with Crippen LogP contribution in [0.2, 0.25) is 5.02 Å². The highest BCUT2D eigenvalue weighted by Crippen LogP contribution is 2.43. The molecule has 0 radical (unpaired) electrons. The highest BCUT2D eigenvalue weighted by Gasteiger charge is 2.48. The zero-order valence-corrected chi connectivity index (χ0v) is 22.9. The lowest BCUT2D eigenvalue weighted by molar-refractivity contribution is 0.0662. The zero-order chi connectivity index (χ0) is 27.0. The molecule has 10 heteroatoms. The third-order valence-corrected chi connectivity index (χ3v) is 9.21. The van der Waals surface area contributed by atoms with Crippen LogP contribution in [0.1, 0.15) is 66.8 Å². The van der Waals surface area contributed by atoms with E-state index >= 15 is 0 Å². The molecule has 1 fully saturated rings. The number of unbranched alkanes of at least 4 members (excludes halogenated alkanes) is 3. The number of amides is 1. The normalized spacial score (nSPS) is 20.2. The average molecular weight is 560 g/mol. The van der Waals surface area contributed by atoms with Gasteiger partial charge < -0.3 is 18.8 Å². The Morgan fingerprint density at radius 1 is 1.08 bits per heavy atom. The topological polar surface area (TPSA) is 103 Å². The molecule has 2 aromatic carbocycles. The van der Waals surface area contributed by atoms with Crippen molar-refractivity contribution in [3.05, 3.63) is 68.5 Å². The number of benzene rings is 2. The molecule has 2 aliphatic heterocycles. The maximum atomic E-state index is 13.8. The number of methoxy groups -OCH3 is 1. The first-order valence-corrected chi connectivity index (χ1v) is 15.0. The fourth-order valence-electron chi connectivity index (χ4n) is 5.35. The molecule has 0 spiro atoms. The first-order chi connectivity index (χ1) is 18.2. The summed E-state index contributed by atoms with van der Waals surface area (Å²) in [5, 5.41) is 0.625. The van der Waals surface area contributed by atoms with Crippen LogP contribution in [-0.2, 0) is 9.84 Å². The molecule has 0 saturated carbocycles. The summed E-state index contributed by atoms with van der Waals surface area (Å²) < 4.78 is 42.2.